The number of nitrogens with zero attached hydrogens (tertiary/aromatic N) is 4. The molecule has 156 valence electrons. The first-order valence-corrected chi connectivity index (χ1v) is 11.3. The third-order valence-corrected chi connectivity index (χ3v) is 6.72. The van der Waals surface area contributed by atoms with Crippen LogP contribution in [0.1, 0.15) is 46.8 Å². The van der Waals surface area contributed by atoms with Crippen molar-refractivity contribution in [3.05, 3.63) is 47.0 Å². The van der Waals surface area contributed by atoms with Crippen LogP contribution in [-0.4, -0.2) is 37.7 Å². The quantitative estimate of drug-likeness (QED) is 0.453. The van der Waals surface area contributed by atoms with Crippen LogP contribution in [0.2, 0.25) is 0 Å². The molecule has 0 saturated heterocycles. The maximum absolute atomic E-state index is 13.0. The van der Waals surface area contributed by atoms with E-state index < -0.39 is 0 Å². The van der Waals surface area contributed by atoms with E-state index in [2.05, 4.69) is 19.3 Å². The Morgan fingerprint density at radius 2 is 1.97 bits per heavy atom. The lowest BCUT2D eigenvalue weighted by atomic mass is 10.2. The van der Waals surface area contributed by atoms with E-state index in [1.807, 2.05) is 38.1 Å². The number of carbonyl (C=O) groups excluding carboxylic acids is 1. The first kappa shape index (κ1) is 19.2. The summed E-state index contributed by atoms with van der Waals surface area (Å²) < 4.78 is 15.2. The van der Waals surface area contributed by atoms with Gasteiger partial charge >= 0.3 is 0 Å². The highest BCUT2D eigenvalue weighted by atomic mass is 32.2. The van der Waals surface area contributed by atoms with Crippen LogP contribution >= 0.6 is 11.8 Å². The van der Waals surface area contributed by atoms with Crippen molar-refractivity contribution in [2.45, 2.75) is 51.2 Å². The maximum Gasteiger partial charge on any atom is 0.231 e. The van der Waals surface area contributed by atoms with Crippen molar-refractivity contribution in [3.8, 4) is 17.2 Å². The van der Waals surface area contributed by atoms with E-state index in [0.29, 0.717) is 5.75 Å². The van der Waals surface area contributed by atoms with Crippen molar-refractivity contribution in [3.63, 3.8) is 0 Å². The molecule has 2 aromatic heterocycles. The molecule has 0 atom stereocenters. The summed E-state index contributed by atoms with van der Waals surface area (Å²) in [7, 11) is 0. The first-order valence-electron chi connectivity index (χ1n) is 10.3. The summed E-state index contributed by atoms with van der Waals surface area (Å²) in [5, 5.41) is 9.50. The van der Waals surface area contributed by atoms with Gasteiger partial charge in [-0.25, -0.2) is 0 Å². The van der Waals surface area contributed by atoms with Crippen LogP contribution in [0.15, 0.2) is 29.4 Å². The molecule has 3 aromatic rings. The van der Waals surface area contributed by atoms with Gasteiger partial charge in [0.15, 0.2) is 22.4 Å². The molecule has 0 amide bonds. The number of hydrogen-bond acceptors (Lipinski definition) is 6. The zero-order valence-corrected chi connectivity index (χ0v) is 18.0. The smallest absolute Gasteiger partial charge is 0.231 e. The van der Waals surface area contributed by atoms with Crippen LogP contribution in [0.3, 0.4) is 0 Å². The normalized spacial score (nSPS) is 15.1. The number of carbonyl (C=O) groups is 1. The van der Waals surface area contributed by atoms with Gasteiger partial charge in [0.25, 0.3) is 0 Å². The van der Waals surface area contributed by atoms with Gasteiger partial charge in [0.2, 0.25) is 6.79 Å². The topological polar surface area (TPSA) is 71.2 Å². The van der Waals surface area contributed by atoms with Crippen LogP contribution in [0, 0.1) is 13.8 Å². The predicted molar refractivity (Wildman–Crippen MR) is 114 cm³/mol. The molecule has 0 fully saturated rings. The van der Waals surface area contributed by atoms with E-state index >= 15 is 0 Å². The van der Waals surface area contributed by atoms with Crippen molar-refractivity contribution >= 4 is 17.5 Å². The van der Waals surface area contributed by atoms with Crippen molar-refractivity contribution < 1.29 is 14.3 Å². The van der Waals surface area contributed by atoms with Crippen molar-refractivity contribution in [1.29, 1.82) is 0 Å². The minimum absolute atomic E-state index is 0.103. The Bertz CT molecular complexity index is 1120. The highest BCUT2D eigenvalue weighted by Gasteiger charge is 2.21. The third kappa shape index (κ3) is 3.39. The number of aromatic nitrogens is 4. The van der Waals surface area contributed by atoms with E-state index in [4.69, 9.17) is 9.47 Å². The van der Waals surface area contributed by atoms with Crippen molar-refractivity contribution in [2.75, 3.05) is 12.5 Å². The molecule has 0 aliphatic carbocycles. The summed E-state index contributed by atoms with van der Waals surface area (Å²) in [6.45, 7) is 5.19. The molecule has 7 nitrogen and oxygen atoms in total. The van der Waals surface area contributed by atoms with Crippen LogP contribution < -0.4 is 9.47 Å². The van der Waals surface area contributed by atoms with Gasteiger partial charge < -0.3 is 18.6 Å². The minimum atomic E-state index is 0.103. The monoisotopic (exact) mass is 424 g/mol. The molecule has 0 N–H and O–H groups in total. The van der Waals surface area contributed by atoms with Gasteiger partial charge in [0.1, 0.15) is 5.82 Å². The Morgan fingerprint density at radius 1 is 1.10 bits per heavy atom. The fourth-order valence-corrected chi connectivity index (χ4v) is 5.11. The van der Waals surface area contributed by atoms with Crippen LogP contribution in [-0.2, 0) is 13.0 Å². The summed E-state index contributed by atoms with van der Waals surface area (Å²) in [5.41, 5.74) is 3.64. The molecule has 0 bridgehead atoms. The molecule has 2 aliphatic rings. The van der Waals surface area contributed by atoms with Gasteiger partial charge in [-0.15, -0.1) is 10.2 Å². The largest absolute Gasteiger partial charge is 0.454 e. The van der Waals surface area contributed by atoms with Gasteiger partial charge in [-0.1, -0.05) is 18.2 Å². The molecule has 0 radical (unpaired) electrons. The summed E-state index contributed by atoms with van der Waals surface area (Å²) in [6.07, 6.45) is 4.49. The molecule has 1 aromatic carbocycles. The SMILES string of the molecule is Cc1cc(C(=O)CSc2nnc3n2CCCCC3)c(C)n1-c1ccc2c(c1)OCO2. The van der Waals surface area contributed by atoms with E-state index in [1.165, 1.54) is 18.2 Å². The number of thioether (sulfide) groups is 1. The number of ketones is 1. The van der Waals surface area contributed by atoms with Crippen molar-refractivity contribution in [1.82, 2.24) is 19.3 Å². The molecule has 30 heavy (non-hydrogen) atoms. The molecule has 5 rings (SSSR count). The second kappa shape index (κ2) is 7.83. The number of hydrogen-bond donors (Lipinski definition) is 0. The Labute approximate surface area is 179 Å². The van der Waals surface area contributed by atoms with Crippen LogP contribution in [0.5, 0.6) is 11.5 Å². The lowest BCUT2D eigenvalue weighted by Gasteiger charge is -2.11. The molecule has 0 unspecified atom stereocenters. The van der Waals surface area contributed by atoms with E-state index in [1.54, 1.807) is 0 Å². The lowest BCUT2D eigenvalue weighted by molar-refractivity contribution is 0.102. The highest BCUT2D eigenvalue weighted by molar-refractivity contribution is 7.99. The Morgan fingerprint density at radius 3 is 2.87 bits per heavy atom. The van der Waals surface area contributed by atoms with Crippen LogP contribution in [0.4, 0.5) is 0 Å². The van der Waals surface area contributed by atoms with Gasteiger partial charge in [-0.3, -0.25) is 4.79 Å². The number of ether oxygens (including phenoxy) is 2. The minimum Gasteiger partial charge on any atom is -0.454 e. The Hall–Kier alpha value is -2.74. The van der Waals surface area contributed by atoms with E-state index in [0.717, 1.165) is 70.9 Å². The number of Topliss-reactive ketones (excluding diaryl/α,β-unsaturated/α-hetero) is 1. The lowest BCUT2D eigenvalue weighted by Crippen LogP contribution is -2.07. The predicted octanol–water partition coefficient (Wildman–Crippen LogP) is 4.12. The summed E-state index contributed by atoms with van der Waals surface area (Å²) >= 11 is 1.48. The fourth-order valence-electron chi connectivity index (χ4n) is 4.24. The average Bonchev–Trinajstić information content (AvgIpc) is 3.38. The van der Waals surface area contributed by atoms with Gasteiger partial charge in [-0.05, 0) is 44.9 Å². The van der Waals surface area contributed by atoms with Gasteiger partial charge in [-0.2, -0.15) is 0 Å². The Kier molecular flexibility index (Phi) is 5.02. The maximum atomic E-state index is 13.0. The summed E-state index contributed by atoms with van der Waals surface area (Å²) in [4.78, 5) is 13.0. The highest BCUT2D eigenvalue weighted by Crippen LogP contribution is 2.35. The fraction of sp³-hybridized carbons (Fsp3) is 0.409. The Balaban J connectivity index is 1.36. The third-order valence-electron chi connectivity index (χ3n) is 5.75. The second-order valence-electron chi connectivity index (χ2n) is 7.73. The van der Waals surface area contributed by atoms with Crippen molar-refractivity contribution in [2.24, 2.45) is 0 Å². The number of aryl methyl sites for hydroxylation is 2. The molecular formula is C22H24N4O3S. The van der Waals surface area contributed by atoms with E-state index in [-0.39, 0.29) is 12.6 Å². The zero-order chi connectivity index (χ0) is 20.7. The van der Waals surface area contributed by atoms with Gasteiger partial charge in [0.05, 0.1) is 5.75 Å². The molecule has 0 saturated carbocycles. The molecule has 2 aliphatic heterocycles. The number of benzene rings is 1. The van der Waals surface area contributed by atoms with Crippen LogP contribution in [0.25, 0.3) is 5.69 Å². The molecule has 4 heterocycles. The zero-order valence-electron chi connectivity index (χ0n) is 17.2. The number of fused-ring (bicyclic) bond motifs is 2. The molecule has 0 spiro atoms. The molecule has 8 heteroatoms. The summed E-state index contributed by atoms with van der Waals surface area (Å²) in [5.74, 6) is 2.98. The number of rotatable bonds is 5. The summed E-state index contributed by atoms with van der Waals surface area (Å²) in [6, 6.07) is 7.82. The molecular weight excluding hydrogens is 400 g/mol. The average molecular weight is 425 g/mol. The second-order valence-corrected chi connectivity index (χ2v) is 8.67. The van der Waals surface area contributed by atoms with Gasteiger partial charge in [0, 0.05) is 41.7 Å². The standard InChI is InChI=1S/C22H24N4O3S/c1-14-10-17(15(2)26(14)16-7-8-19-20(11-16)29-13-28-19)18(27)12-30-22-24-23-21-6-4-3-5-9-25(21)22/h7-8,10-11H,3-6,9,12-13H2,1-2H3. The first-order chi connectivity index (χ1) is 14.6. The van der Waals surface area contributed by atoms with E-state index in [9.17, 15) is 4.79 Å².